The van der Waals surface area contributed by atoms with E-state index in [1.54, 1.807) is 14.2 Å². The Bertz CT molecular complexity index is 761. The van der Waals surface area contributed by atoms with Crippen molar-refractivity contribution < 1.29 is 18.3 Å². The number of ether oxygens (including phenoxy) is 2. The highest BCUT2D eigenvalue weighted by molar-refractivity contribution is 6.61. The molecule has 4 aliphatic heterocycles. The topological polar surface area (TPSA) is 62.8 Å². The molecule has 0 aromatic rings. The van der Waals surface area contributed by atoms with Crippen LogP contribution in [-0.2, 0) is 18.3 Å². The average molecular weight is 587 g/mol. The van der Waals surface area contributed by atoms with Crippen LogP contribution in [0.4, 0.5) is 0 Å². The van der Waals surface area contributed by atoms with Crippen molar-refractivity contribution >= 4 is 8.88 Å². The summed E-state index contributed by atoms with van der Waals surface area (Å²) in [6.07, 6.45) is 1.15. The van der Waals surface area contributed by atoms with Gasteiger partial charge in [0, 0.05) is 119 Å². The minimum atomic E-state index is -2.55. The molecule has 0 saturated carbocycles. The standard InChI is InChI=1S/C27H58N8O4Si/c1-25(2)30-15-17-32(23-30)27(36-5,37-6)33-18-16-31(24-33)26(3)9-10-29-13-21-35(22-14-29)40(38-7,39-8)34-19-11-28(4)12-20-34/h25-26H,9-24H2,1-8H3. The van der Waals surface area contributed by atoms with E-state index >= 15 is 0 Å². The maximum atomic E-state index is 6.21. The maximum Gasteiger partial charge on any atom is 0.522 e. The zero-order valence-corrected chi connectivity index (χ0v) is 27.7. The third-order valence-electron chi connectivity index (χ3n) is 9.77. The lowest BCUT2D eigenvalue weighted by molar-refractivity contribution is -0.369. The van der Waals surface area contributed by atoms with Gasteiger partial charge in [0.1, 0.15) is 0 Å². The predicted octanol–water partition coefficient (Wildman–Crippen LogP) is -0.179. The summed E-state index contributed by atoms with van der Waals surface area (Å²) in [6, 6.07) is 0.206. The summed E-state index contributed by atoms with van der Waals surface area (Å²) in [5.41, 5.74) is 0. The Kier molecular flexibility index (Phi) is 11.8. The van der Waals surface area contributed by atoms with E-state index in [1.165, 1.54) is 0 Å². The molecule has 0 radical (unpaired) electrons. The molecule has 0 bridgehead atoms. The molecule has 0 spiro atoms. The van der Waals surface area contributed by atoms with E-state index in [1.807, 2.05) is 14.2 Å². The Morgan fingerprint density at radius 2 is 1.15 bits per heavy atom. The van der Waals surface area contributed by atoms with Crippen LogP contribution in [0, 0.1) is 0 Å². The molecule has 0 amide bonds. The average Bonchev–Trinajstić information content (AvgIpc) is 3.67. The minimum Gasteiger partial charge on any atom is -0.374 e. The molecule has 1 atom stereocenters. The quantitative estimate of drug-likeness (QED) is 0.213. The molecular formula is C27H58N8O4Si. The minimum absolute atomic E-state index is 0.497. The van der Waals surface area contributed by atoms with E-state index in [-0.39, 0.29) is 0 Å². The lowest BCUT2D eigenvalue weighted by Crippen LogP contribution is -2.74. The van der Waals surface area contributed by atoms with Crippen LogP contribution in [0.25, 0.3) is 0 Å². The van der Waals surface area contributed by atoms with Crippen LogP contribution in [0.2, 0.25) is 0 Å². The third-order valence-corrected chi connectivity index (χ3v) is 13.3. The van der Waals surface area contributed by atoms with Gasteiger partial charge in [0.15, 0.2) is 0 Å². The second-order valence-corrected chi connectivity index (χ2v) is 15.4. The van der Waals surface area contributed by atoms with Crippen molar-refractivity contribution in [3.63, 3.8) is 0 Å². The fourth-order valence-electron chi connectivity index (χ4n) is 6.96. The lowest BCUT2D eigenvalue weighted by Gasteiger charge is -2.49. The van der Waals surface area contributed by atoms with Crippen LogP contribution in [0.5, 0.6) is 0 Å². The number of nitrogens with zero attached hydrogens (tertiary/aromatic N) is 8. The van der Waals surface area contributed by atoms with Gasteiger partial charge in [-0.1, -0.05) is 0 Å². The van der Waals surface area contributed by atoms with Gasteiger partial charge in [-0.15, -0.1) is 0 Å². The van der Waals surface area contributed by atoms with Gasteiger partial charge in [0.05, 0.1) is 13.3 Å². The molecule has 12 nitrogen and oxygen atoms in total. The highest BCUT2D eigenvalue weighted by Gasteiger charge is 2.52. The lowest BCUT2D eigenvalue weighted by atomic mass is 10.2. The summed E-state index contributed by atoms with van der Waals surface area (Å²) >= 11 is 0. The monoisotopic (exact) mass is 586 g/mol. The van der Waals surface area contributed by atoms with Gasteiger partial charge in [-0.3, -0.25) is 18.9 Å². The van der Waals surface area contributed by atoms with Crippen LogP contribution >= 0.6 is 0 Å². The number of hydrogen-bond acceptors (Lipinski definition) is 12. The summed E-state index contributed by atoms with van der Waals surface area (Å²) in [6.45, 7) is 22.0. The highest BCUT2D eigenvalue weighted by Crippen LogP contribution is 2.30. The van der Waals surface area contributed by atoms with Crippen LogP contribution in [-0.4, -0.2) is 199 Å². The first-order valence-electron chi connectivity index (χ1n) is 15.3. The van der Waals surface area contributed by atoms with Crippen molar-refractivity contribution in [2.24, 2.45) is 0 Å². The molecule has 4 fully saturated rings. The summed E-state index contributed by atoms with van der Waals surface area (Å²) in [7, 11) is 6.88. The van der Waals surface area contributed by atoms with Gasteiger partial charge in [0.2, 0.25) is 0 Å². The van der Waals surface area contributed by atoms with Crippen molar-refractivity contribution in [3.05, 3.63) is 0 Å². The number of piperazine rings is 2. The van der Waals surface area contributed by atoms with E-state index in [4.69, 9.17) is 18.3 Å². The zero-order valence-electron chi connectivity index (χ0n) is 26.7. The zero-order chi connectivity index (χ0) is 28.9. The largest absolute Gasteiger partial charge is 0.522 e. The smallest absolute Gasteiger partial charge is 0.374 e. The number of hydrogen-bond donors (Lipinski definition) is 0. The van der Waals surface area contributed by atoms with Gasteiger partial charge in [-0.25, -0.2) is 9.80 Å². The van der Waals surface area contributed by atoms with Gasteiger partial charge >= 0.3 is 8.88 Å². The number of rotatable bonds is 13. The van der Waals surface area contributed by atoms with E-state index < -0.39 is 14.9 Å². The molecular weight excluding hydrogens is 528 g/mol. The molecule has 0 aromatic heterocycles. The van der Waals surface area contributed by atoms with Crippen LogP contribution in [0.3, 0.4) is 0 Å². The molecule has 0 N–H and O–H groups in total. The Labute approximate surface area is 245 Å². The predicted molar refractivity (Wildman–Crippen MR) is 159 cm³/mol. The van der Waals surface area contributed by atoms with Crippen molar-refractivity contribution in [2.75, 3.05) is 134 Å². The van der Waals surface area contributed by atoms with Crippen molar-refractivity contribution in [1.29, 1.82) is 0 Å². The molecule has 0 aromatic carbocycles. The maximum absolute atomic E-state index is 6.21. The van der Waals surface area contributed by atoms with E-state index in [0.717, 1.165) is 105 Å². The second kappa shape index (κ2) is 14.5. The summed E-state index contributed by atoms with van der Waals surface area (Å²) in [4.78, 5) is 14.8. The number of likely N-dealkylation sites (N-methyl/N-ethyl adjacent to an activating group) is 1. The first-order valence-corrected chi connectivity index (χ1v) is 17.0. The summed E-state index contributed by atoms with van der Waals surface area (Å²) in [5, 5.41) is 0. The fraction of sp³-hybridized carbons (Fsp3) is 1.00. The van der Waals surface area contributed by atoms with E-state index in [2.05, 4.69) is 66.3 Å². The van der Waals surface area contributed by atoms with Crippen molar-refractivity contribution in [3.8, 4) is 0 Å². The number of methoxy groups -OCH3 is 2. The first kappa shape index (κ1) is 32.6. The Morgan fingerprint density at radius 3 is 1.62 bits per heavy atom. The van der Waals surface area contributed by atoms with Crippen LogP contribution in [0.1, 0.15) is 27.2 Å². The van der Waals surface area contributed by atoms with Crippen molar-refractivity contribution in [1.82, 2.24) is 38.5 Å². The third kappa shape index (κ3) is 6.77. The van der Waals surface area contributed by atoms with Gasteiger partial charge in [-0.2, -0.15) is 0 Å². The summed E-state index contributed by atoms with van der Waals surface area (Å²) in [5.74, 6) is 0. The molecule has 40 heavy (non-hydrogen) atoms. The van der Waals surface area contributed by atoms with Gasteiger partial charge < -0.3 is 28.1 Å². The van der Waals surface area contributed by atoms with Crippen LogP contribution < -0.4 is 0 Å². The SMILES string of the molecule is COC(OC)(N1CCN(C(C)C)C1)N1CCN(C(C)CCN2CCN([Si](OC)(OC)N3CCN(C)CC3)CC2)C1. The fourth-order valence-corrected chi connectivity index (χ4v) is 10.1. The Morgan fingerprint density at radius 1 is 0.650 bits per heavy atom. The second-order valence-electron chi connectivity index (χ2n) is 12.2. The molecule has 4 saturated heterocycles. The molecule has 4 heterocycles. The van der Waals surface area contributed by atoms with Gasteiger partial charge in [0.25, 0.3) is 6.03 Å². The first-order chi connectivity index (χ1) is 19.2. The molecule has 4 aliphatic rings. The van der Waals surface area contributed by atoms with E-state index in [0.29, 0.717) is 12.1 Å². The highest BCUT2D eigenvalue weighted by atomic mass is 28.4. The molecule has 1 unspecified atom stereocenters. The molecule has 4 rings (SSSR count). The van der Waals surface area contributed by atoms with Crippen molar-refractivity contribution in [2.45, 2.75) is 45.3 Å². The molecule has 0 aliphatic carbocycles. The van der Waals surface area contributed by atoms with Crippen LogP contribution in [0.15, 0.2) is 0 Å². The van der Waals surface area contributed by atoms with E-state index in [9.17, 15) is 0 Å². The summed E-state index contributed by atoms with van der Waals surface area (Å²) < 4.78 is 29.6. The Hall–Kier alpha value is -0.263. The molecule has 13 heteroatoms. The van der Waals surface area contributed by atoms with Gasteiger partial charge in [-0.05, 0) is 40.8 Å². The normalized spacial score (nSPS) is 26.0. The Balaban J connectivity index is 1.25. The molecule has 234 valence electrons.